The molecule has 28 heavy (non-hydrogen) atoms. The lowest BCUT2D eigenvalue weighted by atomic mass is 10.1. The molecule has 1 aliphatic heterocycles. The molecule has 2 aromatic rings. The molecule has 1 saturated heterocycles. The van der Waals surface area contributed by atoms with Crippen molar-refractivity contribution in [1.29, 1.82) is 0 Å². The molecule has 3 rings (SSSR count). The second kappa shape index (κ2) is 10.5. The fraction of sp³-hybridized carbons (Fsp3) is 0.524. The van der Waals surface area contributed by atoms with E-state index < -0.39 is 0 Å². The van der Waals surface area contributed by atoms with Crippen LogP contribution in [0.2, 0.25) is 0 Å². The number of benzene rings is 1. The number of aliphatic imine (C=N–C) groups is 1. The Balaban J connectivity index is 1.48. The second-order valence-electron chi connectivity index (χ2n) is 7.31. The standard InChI is InChI=1S/C21H31N5OS/c1-16(2)19-15-28-20(25-19)13-24-21(22-3)23-12-17-5-4-6-18(11-17)14-26-7-9-27-10-8-26/h4-6,11,15-16H,7-10,12-14H2,1-3H3,(H2,22,23,24). The number of rotatable bonds is 7. The molecule has 152 valence electrons. The zero-order chi connectivity index (χ0) is 19.8. The van der Waals surface area contributed by atoms with E-state index in [1.807, 2.05) is 0 Å². The summed E-state index contributed by atoms with van der Waals surface area (Å²) in [6.45, 7) is 10.4. The molecule has 0 saturated carbocycles. The number of hydrogen-bond donors (Lipinski definition) is 2. The summed E-state index contributed by atoms with van der Waals surface area (Å²) in [5.74, 6) is 1.26. The lowest BCUT2D eigenvalue weighted by molar-refractivity contribution is 0.0342. The van der Waals surface area contributed by atoms with E-state index in [0.29, 0.717) is 12.5 Å². The Morgan fingerprint density at radius 1 is 1.21 bits per heavy atom. The molecule has 0 unspecified atom stereocenters. The highest BCUT2D eigenvalue weighted by molar-refractivity contribution is 7.09. The van der Waals surface area contributed by atoms with Crippen LogP contribution in [0.1, 0.15) is 41.6 Å². The first kappa shape index (κ1) is 20.8. The molecule has 0 bridgehead atoms. The molecule has 1 aromatic heterocycles. The van der Waals surface area contributed by atoms with Crippen LogP contribution in [0.4, 0.5) is 0 Å². The van der Waals surface area contributed by atoms with Crippen LogP contribution in [0.15, 0.2) is 34.6 Å². The first-order valence-corrected chi connectivity index (χ1v) is 10.8. The third-order valence-corrected chi connectivity index (χ3v) is 5.62. The first-order chi connectivity index (χ1) is 13.6. The largest absolute Gasteiger partial charge is 0.379 e. The molecular formula is C21H31N5OS. The molecule has 1 aliphatic rings. The normalized spacial score (nSPS) is 15.8. The number of nitrogens with one attached hydrogen (secondary N) is 2. The van der Waals surface area contributed by atoms with Gasteiger partial charge in [-0.05, 0) is 17.0 Å². The van der Waals surface area contributed by atoms with Crippen LogP contribution in [0, 0.1) is 0 Å². The molecule has 0 radical (unpaired) electrons. The summed E-state index contributed by atoms with van der Waals surface area (Å²) >= 11 is 1.69. The van der Waals surface area contributed by atoms with Crippen molar-refractivity contribution in [3.8, 4) is 0 Å². The number of aromatic nitrogens is 1. The van der Waals surface area contributed by atoms with E-state index in [2.05, 4.69) is 69.0 Å². The molecule has 1 aromatic carbocycles. The van der Waals surface area contributed by atoms with Crippen molar-refractivity contribution >= 4 is 17.3 Å². The van der Waals surface area contributed by atoms with Gasteiger partial charge < -0.3 is 15.4 Å². The van der Waals surface area contributed by atoms with Crippen molar-refractivity contribution in [1.82, 2.24) is 20.5 Å². The summed E-state index contributed by atoms with van der Waals surface area (Å²) in [5, 5.41) is 9.97. The van der Waals surface area contributed by atoms with E-state index in [0.717, 1.165) is 56.1 Å². The molecule has 2 heterocycles. The van der Waals surface area contributed by atoms with E-state index >= 15 is 0 Å². The van der Waals surface area contributed by atoms with Gasteiger partial charge in [-0.25, -0.2) is 4.98 Å². The summed E-state index contributed by atoms with van der Waals surface area (Å²) in [4.78, 5) is 11.4. The fourth-order valence-electron chi connectivity index (χ4n) is 3.09. The second-order valence-corrected chi connectivity index (χ2v) is 8.25. The van der Waals surface area contributed by atoms with Gasteiger partial charge in [0.2, 0.25) is 0 Å². The zero-order valence-electron chi connectivity index (χ0n) is 17.1. The molecule has 0 spiro atoms. The first-order valence-electron chi connectivity index (χ1n) is 9.91. The maximum absolute atomic E-state index is 5.43. The average Bonchev–Trinajstić information content (AvgIpc) is 3.19. The van der Waals surface area contributed by atoms with Crippen molar-refractivity contribution in [3.63, 3.8) is 0 Å². The van der Waals surface area contributed by atoms with Crippen molar-refractivity contribution in [2.24, 2.45) is 4.99 Å². The van der Waals surface area contributed by atoms with Crippen molar-refractivity contribution < 1.29 is 4.74 Å². The van der Waals surface area contributed by atoms with Gasteiger partial charge in [0, 0.05) is 38.6 Å². The summed E-state index contributed by atoms with van der Waals surface area (Å²) in [6.07, 6.45) is 0. The van der Waals surface area contributed by atoms with Crippen LogP contribution in [-0.4, -0.2) is 49.2 Å². The molecule has 0 amide bonds. The Morgan fingerprint density at radius 2 is 1.96 bits per heavy atom. The van der Waals surface area contributed by atoms with E-state index in [1.165, 1.54) is 11.1 Å². The summed E-state index contributed by atoms with van der Waals surface area (Å²) in [7, 11) is 1.80. The van der Waals surface area contributed by atoms with Gasteiger partial charge in [0.25, 0.3) is 0 Å². The number of hydrogen-bond acceptors (Lipinski definition) is 5. The van der Waals surface area contributed by atoms with Crippen LogP contribution < -0.4 is 10.6 Å². The van der Waals surface area contributed by atoms with Crippen molar-refractivity contribution in [2.75, 3.05) is 33.4 Å². The van der Waals surface area contributed by atoms with Gasteiger partial charge >= 0.3 is 0 Å². The topological polar surface area (TPSA) is 61.8 Å². The monoisotopic (exact) mass is 401 g/mol. The van der Waals surface area contributed by atoms with Crippen molar-refractivity contribution in [3.05, 3.63) is 51.5 Å². The SMILES string of the molecule is CN=C(NCc1cccc(CN2CCOCC2)c1)NCc1nc(C(C)C)cs1. The minimum absolute atomic E-state index is 0.465. The third-order valence-electron chi connectivity index (χ3n) is 4.75. The lowest BCUT2D eigenvalue weighted by Gasteiger charge is -2.26. The number of nitrogens with zero attached hydrogens (tertiary/aromatic N) is 3. The molecule has 0 aliphatic carbocycles. The number of guanidine groups is 1. The number of morpholine rings is 1. The highest BCUT2D eigenvalue weighted by Gasteiger charge is 2.11. The summed E-state index contributed by atoms with van der Waals surface area (Å²) in [6, 6.07) is 8.75. The molecule has 7 heteroatoms. The van der Waals surface area contributed by atoms with Gasteiger partial charge in [-0.3, -0.25) is 9.89 Å². The Labute approximate surface area is 172 Å². The molecule has 0 atom stereocenters. The Kier molecular flexibility index (Phi) is 7.82. The van der Waals surface area contributed by atoms with Gasteiger partial charge in [-0.2, -0.15) is 0 Å². The van der Waals surface area contributed by atoms with Gasteiger partial charge in [-0.15, -0.1) is 11.3 Å². The highest BCUT2D eigenvalue weighted by Crippen LogP contribution is 2.17. The zero-order valence-corrected chi connectivity index (χ0v) is 17.9. The Hall–Kier alpha value is -1.96. The van der Waals surface area contributed by atoms with Gasteiger partial charge in [0.05, 0.1) is 25.5 Å². The molecule has 2 N–H and O–H groups in total. The predicted octanol–water partition coefficient (Wildman–Crippen LogP) is 2.96. The smallest absolute Gasteiger partial charge is 0.191 e. The van der Waals surface area contributed by atoms with Gasteiger partial charge in [0.1, 0.15) is 5.01 Å². The maximum Gasteiger partial charge on any atom is 0.191 e. The molecule has 6 nitrogen and oxygen atoms in total. The van der Waals surface area contributed by atoms with Crippen LogP contribution in [-0.2, 0) is 24.4 Å². The van der Waals surface area contributed by atoms with Crippen LogP contribution >= 0.6 is 11.3 Å². The molecule has 1 fully saturated rings. The summed E-state index contributed by atoms with van der Waals surface area (Å²) < 4.78 is 5.43. The lowest BCUT2D eigenvalue weighted by Crippen LogP contribution is -2.36. The van der Waals surface area contributed by atoms with E-state index in [9.17, 15) is 0 Å². The maximum atomic E-state index is 5.43. The number of thiazole rings is 1. The average molecular weight is 402 g/mol. The van der Waals surface area contributed by atoms with Crippen molar-refractivity contribution in [2.45, 2.75) is 39.4 Å². The van der Waals surface area contributed by atoms with Crippen LogP contribution in [0.3, 0.4) is 0 Å². The fourth-order valence-corrected chi connectivity index (χ4v) is 3.99. The van der Waals surface area contributed by atoms with E-state index in [-0.39, 0.29) is 0 Å². The van der Waals surface area contributed by atoms with Gasteiger partial charge in [-0.1, -0.05) is 38.1 Å². The predicted molar refractivity (Wildman–Crippen MR) is 116 cm³/mol. The van der Waals surface area contributed by atoms with Crippen LogP contribution in [0.25, 0.3) is 0 Å². The van der Waals surface area contributed by atoms with Crippen LogP contribution in [0.5, 0.6) is 0 Å². The number of ether oxygens (including phenoxy) is 1. The van der Waals surface area contributed by atoms with E-state index in [1.54, 1.807) is 18.4 Å². The minimum Gasteiger partial charge on any atom is -0.379 e. The minimum atomic E-state index is 0.465. The van der Waals surface area contributed by atoms with E-state index in [4.69, 9.17) is 4.74 Å². The summed E-state index contributed by atoms with van der Waals surface area (Å²) in [5.41, 5.74) is 3.75. The highest BCUT2D eigenvalue weighted by atomic mass is 32.1. The molecular weight excluding hydrogens is 370 g/mol. The Morgan fingerprint density at radius 3 is 2.68 bits per heavy atom. The Bertz CT molecular complexity index is 768. The quantitative estimate of drug-likeness (QED) is 0.552. The third kappa shape index (κ3) is 6.29. The van der Waals surface area contributed by atoms with Gasteiger partial charge in [0.15, 0.2) is 5.96 Å².